The molecule has 122 valence electrons. The summed E-state index contributed by atoms with van der Waals surface area (Å²) >= 11 is 0. The molecular formula is C19H24IN3. The lowest BCUT2D eigenvalue weighted by molar-refractivity contribution is 0.486. The predicted molar refractivity (Wildman–Crippen MR) is 107 cm³/mol. The fourth-order valence-electron chi connectivity index (χ4n) is 3.06. The van der Waals surface area contributed by atoms with Crippen LogP contribution in [0.2, 0.25) is 0 Å². The number of guanidine groups is 1. The van der Waals surface area contributed by atoms with Gasteiger partial charge in [-0.1, -0.05) is 60.7 Å². The molecule has 3 rings (SSSR count). The zero-order chi connectivity index (χ0) is 15.2. The number of nitrogens with zero attached hydrogens (tertiary/aromatic N) is 2. The maximum absolute atomic E-state index is 4.44. The van der Waals surface area contributed by atoms with E-state index >= 15 is 0 Å². The molecule has 1 N–H and O–H groups in total. The highest BCUT2D eigenvalue weighted by molar-refractivity contribution is 14.0. The lowest BCUT2D eigenvalue weighted by Crippen LogP contribution is -2.39. The normalized spacial score (nSPS) is 17.7. The number of likely N-dealkylation sites (tertiary alicyclic amines) is 1. The molecule has 1 heterocycles. The quantitative estimate of drug-likeness (QED) is 0.463. The van der Waals surface area contributed by atoms with E-state index in [-0.39, 0.29) is 24.0 Å². The van der Waals surface area contributed by atoms with Crippen molar-refractivity contribution in [1.29, 1.82) is 0 Å². The summed E-state index contributed by atoms with van der Waals surface area (Å²) in [5.74, 6) is 1.61. The van der Waals surface area contributed by atoms with E-state index in [2.05, 4.69) is 69.8 Å². The van der Waals surface area contributed by atoms with Crippen LogP contribution in [0.1, 0.15) is 23.5 Å². The molecule has 0 radical (unpaired) electrons. The maximum atomic E-state index is 4.44. The maximum Gasteiger partial charge on any atom is 0.193 e. The van der Waals surface area contributed by atoms with Gasteiger partial charge in [0.15, 0.2) is 5.96 Å². The summed E-state index contributed by atoms with van der Waals surface area (Å²) in [5, 5.41) is 3.48. The molecule has 3 nitrogen and oxygen atoms in total. The molecule has 2 aromatic carbocycles. The molecule has 4 heteroatoms. The highest BCUT2D eigenvalue weighted by Crippen LogP contribution is 2.26. The third kappa shape index (κ3) is 4.70. The van der Waals surface area contributed by atoms with Crippen molar-refractivity contribution in [3.8, 4) is 0 Å². The molecule has 0 aliphatic carbocycles. The van der Waals surface area contributed by atoms with Crippen LogP contribution in [0.25, 0.3) is 0 Å². The second kappa shape index (κ2) is 8.91. The Balaban J connectivity index is 0.00000192. The number of hydrogen-bond acceptors (Lipinski definition) is 1. The average Bonchev–Trinajstić information content (AvgIpc) is 3.07. The average molecular weight is 421 g/mol. The largest absolute Gasteiger partial charge is 0.352 e. The van der Waals surface area contributed by atoms with E-state index in [1.165, 1.54) is 17.5 Å². The monoisotopic (exact) mass is 421 g/mol. The molecule has 1 fully saturated rings. The van der Waals surface area contributed by atoms with Crippen molar-refractivity contribution in [1.82, 2.24) is 10.2 Å². The Morgan fingerprint density at radius 2 is 1.74 bits per heavy atom. The van der Waals surface area contributed by atoms with E-state index < -0.39 is 0 Å². The van der Waals surface area contributed by atoms with Crippen molar-refractivity contribution in [2.24, 2.45) is 4.99 Å². The van der Waals surface area contributed by atoms with Crippen LogP contribution in [0, 0.1) is 0 Å². The van der Waals surface area contributed by atoms with E-state index in [9.17, 15) is 0 Å². The third-order valence-electron chi connectivity index (χ3n) is 4.26. The zero-order valence-corrected chi connectivity index (χ0v) is 15.8. The van der Waals surface area contributed by atoms with Crippen LogP contribution in [0.15, 0.2) is 65.7 Å². The minimum atomic E-state index is 0. The summed E-state index contributed by atoms with van der Waals surface area (Å²) in [6.07, 6.45) is 1.19. The van der Waals surface area contributed by atoms with Gasteiger partial charge in [0.25, 0.3) is 0 Å². The van der Waals surface area contributed by atoms with Crippen molar-refractivity contribution in [2.75, 3.05) is 20.1 Å². The SMILES string of the molecule is CN=C(NCc1ccccc1)N1CCC(c2ccccc2)C1.I. The molecular weight excluding hydrogens is 397 g/mol. The number of hydrogen-bond donors (Lipinski definition) is 1. The van der Waals surface area contributed by atoms with Gasteiger partial charge in [-0.05, 0) is 17.5 Å². The predicted octanol–water partition coefficient (Wildman–Crippen LogP) is 3.87. The van der Waals surface area contributed by atoms with Gasteiger partial charge in [0.2, 0.25) is 0 Å². The molecule has 23 heavy (non-hydrogen) atoms. The van der Waals surface area contributed by atoms with Crippen molar-refractivity contribution in [2.45, 2.75) is 18.9 Å². The summed E-state index contributed by atoms with van der Waals surface area (Å²) in [6.45, 7) is 2.92. The molecule has 0 aromatic heterocycles. The first-order valence-corrected chi connectivity index (χ1v) is 7.91. The lowest BCUT2D eigenvalue weighted by atomic mass is 9.99. The Kier molecular flexibility index (Phi) is 6.89. The van der Waals surface area contributed by atoms with Gasteiger partial charge >= 0.3 is 0 Å². The van der Waals surface area contributed by atoms with Crippen LogP contribution in [-0.4, -0.2) is 31.0 Å². The smallest absolute Gasteiger partial charge is 0.193 e. The number of rotatable bonds is 3. The van der Waals surface area contributed by atoms with Gasteiger partial charge in [-0.15, -0.1) is 24.0 Å². The third-order valence-corrected chi connectivity index (χ3v) is 4.26. The topological polar surface area (TPSA) is 27.6 Å². The van der Waals surface area contributed by atoms with E-state index in [1.54, 1.807) is 0 Å². The standard InChI is InChI=1S/C19H23N3.HI/c1-20-19(21-14-16-8-4-2-5-9-16)22-13-12-18(15-22)17-10-6-3-7-11-17;/h2-11,18H,12-15H2,1H3,(H,20,21);1H. The molecule has 0 amide bonds. The molecule has 0 spiro atoms. The first-order chi connectivity index (χ1) is 10.9. The van der Waals surface area contributed by atoms with Crippen LogP contribution >= 0.6 is 24.0 Å². The van der Waals surface area contributed by atoms with Gasteiger partial charge in [-0.3, -0.25) is 4.99 Å². The van der Waals surface area contributed by atoms with Crippen molar-refractivity contribution >= 4 is 29.9 Å². The van der Waals surface area contributed by atoms with Gasteiger partial charge in [0.05, 0.1) is 0 Å². The number of aliphatic imine (C=N–C) groups is 1. The first kappa shape index (κ1) is 17.8. The zero-order valence-electron chi connectivity index (χ0n) is 13.5. The summed E-state index contributed by atoms with van der Waals surface area (Å²) in [5.41, 5.74) is 2.71. The first-order valence-electron chi connectivity index (χ1n) is 7.91. The Hall–Kier alpha value is -1.56. The van der Waals surface area contributed by atoms with Gasteiger partial charge < -0.3 is 10.2 Å². The second-order valence-electron chi connectivity index (χ2n) is 5.73. The van der Waals surface area contributed by atoms with E-state index in [0.29, 0.717) is 5.92 Å². The minimum absolute atomic E-state index is 0. The highest BCUT2D eigenvalue weighted by atomic mass is 127. The molecule has 1 aliphatic heterocycles. The molecule has 1 atom stereocenters. The molecule has 1 aliphatic rings. The number of benzene rings is 2. The Bertz CT molecular complexity index is 613. The van der Waals surface area contributed by atoms with Crippen LogP contribution in [0.5, 0.6) is 0 Å². The fraction of sp³-hybridized carbons (Fsp3) is 0.316. The lowest BCUT2D eigenvalue weighted by Gasteiger charge is -2.22. The van der Waals surface area contributed by atoms with Gasteiger partial charge in [-0.2, -0.15) is 0 Å². The molecule has 1 saturated heterocycles. The summed E-state index contributed by atoms with van der Waals surface area (Å²) in [6, 6.07) is 21.2. The van der Waals surface area contributed by atoms with Gasteiger partial charge in [0.1, 0.15) is 0 Å². The number of halogens is 1. The summed E-state index contributed by atoms with van der Waals surface area (Å²) < 4.78 is 0. The molecule has 2 aromatic rings. The van der Waals surface area contributed by atoms with E-state index in [1.807, 2.05) is 13.1 Å². The van der Waals surface area contributed by atoms with E-state index in [0.717, 1.165) is 25.6 Å². The van der Waals surface area contributed by atoms with Crippen molar-refractivity contribution in [3.05, 3.63) is 71.8 Å². The Labute approximate surface area is 155 Å². The van der Waals surface area contributed by atoms with Crippen LogP contribution in [0.3, 0.4) is 0 Å². The number of nitrogens with one attached hydrogen (secondary N) is 1. The van der Waals surface area contributed by atoms with Gasteiger partial charge in [0, 0.05) is 32.6 Å². The Morgan fingerprint density at radius 3 is 2.39 bits per heavy atom. The molecule has 1 unspecified atom stereocenters. The van der Waals surface area contributed by atoms with E-state index in [4.69, 9.17) is 0 Å². The highest BCUT2D eigenvalue weighted by Gasteiger charge is 2.25. The fourth-order valence-corrected chi connectivity index (χ4v) is 3.06. The van der Waals surface area contributed by atoms with Crippen molar-refractivity contribution in [3.63, 3.8) is 0 Å². The summed E-state index contributed by atoms with van der Waals surface area (Å²) in [4.78, 5) is 6.81. The Morgan fingerprint density at radius 1 is 1.09 bits per heavy atom. The van der Waals surface area contributed by atoms with Crippen LogP contribution in [-0.2, 0) is 6.54 Å². The minimum Gasteiger partial charge on any atom is -0.352 e. The van der Waals surface area contributed by atoms with Crippen molar-refractivity contribution < 1.29 is 0 Å². The van der Waals surface area contributed by atoms with Crippen LogP contribution < -0.4 is 5.32 Å². The van der Waals surface area contributed by atoms with Gasteiger partial charge in [-0.25, -0.2) is 0 Å². The summed E-state index contributed by atoms with van der Waals surface area (Å²) in [7, 11) is 1.86. The molecule has 0 bridgehead atoms. The second-order valence-corrected chi connectivity index (χ2v) is 5.73. The van der Waals surface area contributed by atoms with Crippen LogP contribution in [0.4, 0.5) is 0 Å². The molecule has 0 saturated carbocycles.